The Morgan fingerprint density at radius 2 is 0.978 bits per heavy atom. The highest BCUT2D eigenvalue weighted by Crippen LogP contribution is 2.49. The molecule has 0 heterocycles. The van der Waals surface area contributed by atoms with Crippen LogP contribution in [0.1, 0.15) is 16.7 Å². The van der Waals surface area contributed by atoms with Crippen LogP contribution in [0.5, 0.6) is 0 Å². The van der Waals surface area contributed by atoms with Crippen molar-refractivity contribution in [2.24, 2.45) is 0 Å². The van der Waals surface area contributed by atoms with E-state index < -0.39 is 6.89 Å². The van der Waals surface area contributed by atoms with Crippen LogP contribution in [0.25, 0.3) is 6.08 Å². The summed E-state index contributed by atoms with van der Waals surface area (Å²) in [5.41, 5.74) is 4.16. The van der Waals surface area contributed by atoms with E-state index in [1.165, 1.54) is 5.56 Å². The van der Waals surface area contributed by atoms with E-state index in [0.717, 1.165) is 38.0 Å². The predicted molar refractivity (Wildman–Crippen MR) is 195 cm³/mol. The third-order valence-corrected chi connectivity index (χ3v) is 12.4. The summed E-state index contributed by atoms with van der Waals surface area (Å²) in [6.45, 7) is -2.01. The van der Waals surface area contributed by atoms with Gasteiger partial charge in [-0.2, -0.15) is 0 Å². The highest BCUT2D eigenvalue weighted by atomic mass is 31.2. The molecule has 6 aromatic carbocycles. The molecule has 2 nitrogen and oxygen atoms in total. The second-order valence-corrected chi connectivity index (χ2v) is 14.3. The zero-order valence-electron chi connectivity index (χ0n) is 25.4. The Morgan fingerprint density at radius 1 is 0.556 bits per heavy atom. The maximum Gasteiger partial charge on any atom is 0.187 e. The molecule has 0 aliphatic heterocycles. The first-order valence-corrected chi connectivity index (χ1v) is 17.0. The number of benzene rings is 6. The summed E-state index contributed by atoms with van der Waals surface area (Å²) in [6.07, 6.45) is 3.70. The summed E-state index contributed by atoms with van der Waals surface area (Å²) in [5, 5.41) is 4.23. The third-order valence-electron chi connectivity index (χ3n) is 8.06. The van der Waals surface area contributed by atoms with Gasteiger partial charge in [0.05, 0.1) is 0 Å². The quantitative estimate of drug-likeness (QED) is 0.117. The average Bonchev–Trinajstić information content (AvgIpc) is 3.11. The van der Waals surface area contributed by atoms with Crippen molar-refractivity contribution in [3.05, 3.63) is 199 Å². The molecule has 0 amide bonds. The molecular weight excluding hydrogens is 565 g/mol. The second kappa shape index (κ2) is 14.1. The number of nitrogens with zero attached hydrogens (tertiary/aromatic N) is 1. The molecule has 0 saturated carbocycles. The number of hydrogen-bond acceptors (Lipinski definition) is 2. The van der Waals surface area contributed by atoms with Gasteiger partial charge in [-0.25, -0.2) is 0 Å². The van der Waals surface area contributed by atoms with Gasteiger partial charge in [0.1, 0.15) is 0 Å². The minimum absolute atomic E-state index is 0.00399. The zero-order valence-corrected chi connectivity index (χ0v) is 26.3. The molecule has 45 heavy (non-hydrogen) atoms. The van der Waals surface area contributed by atoms with Crippen molar-refractivity contribution in [2.75, 3.05) is 11.9 Å². The van der Waals surface area contributed by atoms with Gasteiger partial charge >= 0.3 is 0 Å². The fourth-order valence-corrected chi connectivity index (χ4v) is 10.5. The Balaban J connectivity index is 1.73. The van der Waals surface area contributed by atoms with Gasteiger partial charge in [0.2, 0.25) is 0 Å². The van der Waals surface area contributed by atoms with Crippen LogP contribution in [-0.4, -0.2) is 18.1 Å². The van der Waals surface area contributed by atoms with Crippen LogP contribution in [0.3, 0.4) is 0 Å². The summed E-state index contributed by atoms with van der Waals surface area (Å²) < 4.78 is 0. The van der Waals surface area contributed by atoms with Crippen molar-refractivity contribution in [3.63, 3.8) is 0 Å². The molecule has 0 aromatic heterocycles. The average molecular weight is 602 g/mol. The Hall–Kier alpha value is -5.17. The number of ketones is 1. The van der Waals surface area contributed by atoms with Gasteiger partial charge in [-0.15, -0.1) is 0 Å². The second-order valence-electron chi connectivity index (χ2n) is 11.0. The number of para-hydroxylation sites is 1. The molecule has 6 aromatic rings. The van der Waals surface area contributed by atoms with E-state index in [2.05, 4.69) is 133 Å². The van der Waals surface area contributed by atoms with Crippen LogP contribution in [0.4, 0.5) is 5.69 Å². The van der Waals surface area contributed by atoms with E-state index in [-0.39, 0.29) is 5.78 Å². The van der Waals surface area contributed by atoms with Gasteiger partial charge in [-0.3, -0.25) is 4.79 Å². The molecule has 0 aliphatic carbocycles. The van der Waals surface area contributed by atoms with Crippen molar-refractivity contribution >= 4 is 45.6 Å². The minimum Gasteiger partial charge on any atom is -0.370 e. The van der Waals surface area contributed by atoms with Crippen molar-refractivity contribution in [2.45, 2.75) is 6.54 Å². The number of hydrogen-bond donors (Lipinski definition) is 0. The minimum atomic E-state index is -2.72. The lowest BCUT2D eigenvalue weighted by atomic mass is 10.0. The van der Waals surface area contributed by atoms with E-state index in [1.54, 1.807) is 6.08 Å². The fraction of sp³-hybridized carbons (Fsp3) is 0.0476. The number of allylic oxidation sites excluding steroid dienone is 1. The lowest BCUT2D eigenvalue weighted by Gasteiger charge is -2.34. The molecule has 0 bridgehead atoms. The summed E-state index contributed by atoms with van der Waals surface area (Å²) in [4.78, 5) is 17.4. The standard InChI is InChI=1S/C42H36NOP/c1-43(33-35-21-9-3-10-22-35)40-30-18-17-29-39(40)42(41(44)32-31-34-19-7-2-8-20-34)45(36-23-11-4-12-24-36,37-25-13-5-14-26-37)38-27-15-6-16-28-38/h2-32H,33H2,1H3/b32-31+. The lowest BCUT2D eigenvalue weighted by molar-refractivity contribution is -0.108. The van der Waals surface area contributed by atoms with E-state index in [9.17, 15) is 0 Å². The number of carbonyl (C=O) groups excluding carboxylic acids is 1. The van der Waals surface area contributed by atoms with E-state index in [0.29, 0.717) is 6.54 Å². The Morgan fingerprint density at radius 3 is 1.49 bits per heavy atom. The van der Waals surface area contributed by atoms with Crippen LogP contribution in [0, 0.1) is 0 Å². The molecule has 0 saturated heterocycles. The summed E-state index contributed by atoms with van der Waals surface area (Å²) in [7, 11) is 2.11. The predicted octanol–water partition coefficient (Wildman–Crippen LogP) is 8.12. The topological polar surface area (TPSA) is 20.3 Å². The molecule has 0 fully saturated rings. The molecular formula is C42H36NOP. The van der Waals surface area contributed by atoms with Crippen LogP contribution >= 0.6 is 6.89 Å². The largest absolute Gasteiger partial charge is 0.370 e. The molecule has 0 atom stereocenters. The highest BCUT2D eigenvalue weighted by Gasteiger charge is 2.34. The Kier molecular flexibility index (Phi) is 9.35. The molecule has 0 aliphatic rings. The molecule has 3 heteroatoms. The van der Waals surface area contributed by atoms with Crippen LogP contribution < -0.4 is 20.8 Å². The van der Waals surface area contributed by atoms with Crippen LogP contribution in [0.15, 0.2) is 182 Å². The number of anilines is 1. The molecule has 220 valence electrons. The van der Waals surface area contributed by atoms with E-state index >= 15 is 4.79 Å². The smallest absolute Gasteiger partial charge is 0.187 e. The third kappa shape index (κ3) is 6.38. The van der Waals surface area contributed by atoms with Crippen molar-refractivity contribution in [1.29, 1.82) is 0 Å². The normalized spacial score (nSPS) is 11.3. The van der Waals surface area contributed by atoms with Crippen molar-refractivity contribution in [1.82, 2.24) is 0 Å². The lowest BCUT2D eigenvalue weighted by Crippen LogP contribution is -2.34. The first kappa shape index (κ1) is 29.9. The molecule has 0 unspecified atom stereocenters. The first-order valence-electron chi connectivity index (χ1n) is 15.2. The maximum absolute atomic E-state index is 15.1. The number of carbonyl (C=O) groups is 1. The van der Waals surface area contributed by atoms with Gasteiger partial charge in [0.25, 0.3) is 0 Å². The van der Waals surface area contributed by atoms with Gasteiger partial charge < -0.3 is 4.90 Å². The van der Waals surface area contributed by atoms with E-state index in [1.807, 2.05) is 60.7 Å². The number of rotatable bonds is 10. The van der Waals surface area contributed by atoms with Gasteiger partial charge in [0.15, 0.2) is 5.78 Å². The van der Waals surface area contributed by atoms with E-state index in [4.69, 9.17) is 0 Å². The van der Waals surface area contributed by atoms with Crippen molar-refractivity contribution in [3.8, 4) is 0 Å². The monoisotopic (exact) mass is 601 g/mol. The summed E-state index contributed by atoms with van der Waals surface area (Å²) in [5.74, 6) is 0.00399. The maximum atomic E-state index is 15.1. The Bertz CT molecular complexity index is 1830. The molecule has 0 radical (unpaired) electrons. The van der Waals surface area contributed by atoms with Crippen LogP contribution in [0.2, 0.25) is 0 Å². The Labute approximate surface area is 266 Å². The molecule has 0 N–H and O–H groups in total. The highest BCUT2D eigenvalue weighted by molar-refractivity contribution is 7.97. The van der Waals surface area contributed by atoms with Crippen molar-refractivity contribution < 1.29 is 4.79 Å². The SMILES string of the molecule is CN(Cc1ccccc1)c1ccccc1C(C(=O)/C=C/c1ccccc1)=P(c1ccccc1)(c1ccccc1)c1ccccc1. The fourth-order valence-electron chi connectivity index (χ4n) is 6.03. The van der Waals surface area contributed by atoms with Gasteiger partial charge in [-0.1, -0.05) is 176 Å². The van der Waals surface area contributed by atoms with Gasteiger partial charge in [-0.05, 0) is 46.1 Å². The molecule has 6 rings (SSSR count). The first-order chi connectivity index (χ1) is 22.2. The van der Waals surface area contributed by atoms with Crippen LogP contribution in [-0.2, 0) is 11.3 Å². The summed E-state index contributed by atoms with van der Waals surface area (Å²) in [6, 6.07) is 60.7. The zero-order chi connectivity index (χ0) is 30.9. The van der Waals surface area contributed by atoms with Gasteiger partial charge in [0, 0.05) is 30.1 Å². The molecule has 0 spiro atoms. The summed E-state index contributed by atoms with van der Waals surface area (Å²) >= 11 is 0.